The van der Waals surface area contributed by atoms with Crippen LogP contribution in [0, 0.1) is 0 Å². The topological polar surface area (TPSA) is 79.8 Å². The fourth-order valence-electron chi connectivity index (χ4n) is 1.90. The standard InChI is InChI=1S/C14H16BrN3O3/c15-11-4-1-3-10(7-11)8-17-18-14(20)13(19)16-9-12-5-2-6-21-12/h1,3-4,7-8,12H,2,5-6,9H2,(H,16,19)(H,18,20). The number of nitrogens with one attached hydrogen (secondary N) is 2. The summed E-state index contributed by atoms with van der Waals surface area (Å²) in [7, 11) is 0. The predicted octanol–water partition coefficient (Wildman–Crippen LogP) is 1.19. The Labute approximate surface area is 131 Å². The number of carbonyl (C=O) groups excluding carboxylic acids is 2. The number of nitrogens with zero attached hydrogens (tertiary/aromatic N) is 1. The minimum atomic E-state index is -0.792. The molecule has 0 bridgehead atoms. The molecule has 0 aliphatic carbocycles. The molecule has 1 aromatic rings. The number of hydrogen-bond acceptors (Lipinski definition) is 4. The van der Waals surface area contributed by atoms with Gasteiger partial charge in [-0.1, -0.05) is 28.1 Å². The lowest BCUT2D eigenvalue weighted by Crippen LogP contribution is -2.41. The Morgan fingerprint density at radius 2 is 2.29 bits per heavy atom. The molecular formula is C14H16BrN3O3. The number of amides is 2. The van der Waals surface area contributed by atoms with Gasteiger partial charge in [0.2, 0.25) is 0 Å². The lowest BCUT2D eigenvalue weighted by Gasteiger charge is -2.09. The number of halogens is 1. The molecule has 6 nitrogen and oxygen atoms in total. The summed E-state index contributed by atoms with van der Waals surface area (Å²) in [6, 6.07) is 7.40. The SMILES string of the molecule is O=C(NCC1CCCO1)C(=O)NN=Cc1cccc(Br)c1. The van der Waals surface area contributed by atoms with Crippen LogP contribution in [0.1, 0.15) is 18.4 Å². The Balaban J connectivity index is 1.74. The maximum atomic E-state index is 11.5. The quantitative estimate of drug-likeness (QED) is 0.484. The van der Waals surface area contributed by atoms with Crippen LogP contribution in [0.4, 0.5) is 0 Å². The van der Waals surface area contributed by atoms with Crippen molar-refractivity contribution in [2.75, 3.05) is 13.2 Å². The van der Waals surface area contributed by atoms with Crippen molar-refractivity contribution in [3.8, 4) is 0 Å². The van der Waals surface area contributed by atoms with Gasteiger partial charge in [-0.05, 0) is 30.5 Å². The molecule has 0 saturated carbocycles. The molecule has 1 unspecified atom stereocenters. The zero-order valence-corrected chi connectivity index (χ0v) is 12.9. The van der Waals surface area contributed by atoms with Crippen LogP contribution in [0.15, 0.2) is 33.8 Å². The van der Waals surface area contributed by atoms with Crippen LogP contribution in [-0.2, 0) is 14.3 Å². The van der Waals surface area contributed by atoms with E-state index in [0.717, 1.165) is 22.9 Å². The summed E-state index contributed by atoms with van der Waals surface area (Å²) in [5, 5.41) is 6.27. The van der Waals surface area contributed by atoms with Gasteiger partial charge >= 0.3 is 11.8 Å². The number of benzene rings is 1. The van der Waals surface area contributed by atoms with Crippen molar-refractivity contribution in [1.29, 1.82) is 0 Å². The van der Waals surface area contributed by atoms with Crippen LogP contribution < -0.4 is 10.7 Å². The van der Waals surface area contributed by atoms with E-state index in [1.54, 1.807) is 0 Å². The van der Waals surface area contributed by atoms with Crippen molar-refractivity contribution in [3.63, 3.8) is 0 Å². The Hall–Kier alpha value is -1.73. The maximum Gasteiger partial charge on any atom is 0.329 e. The number of ether oxygens (including phenoxy) is 1. The summed E-state index contributed by atoms with van der Waals surface area (Å²) in [4.78, 5) is 23.1. The largest absolute Gasteiger partial charge is 0.376 e. The van der Waals surface area contributed by atoms with Crippen LogP contribution in [0.3, 0.4) is 0 Å². The molecule has 1 aromatic carbocycles. The first-order chi connectivity index (χ1) is 10.1. The molecule has 2 N–H and O–H groups in total. The number of hydrazone groups is 1. The van der Waals surface area contributed by atoms with Crippen molar-refractivity contribution in [3.05, 3.63) is 34.3 Å². The van der Waals surface area contributed by atoms with Crippen LogP contribution >= 0.6 is 15.9 Å². The monoisotopic (exact) mass is 353 g/mol. The first-order valence-corrected chi connectivity index (χ1v) is 7.43. The molecule has 112 valence electrons. The predicted molar refractivity (Wildman–Crippen MR) is 81.9 cm³/mol. The highest BCUT2D eigenvalue weighted by Crippen LogP contribution is 2.10. The van der Waals surface area contributed by atoms with Crippen molar-refractivity contribution in [2.24, 2.45) is 5.10 Å². The van der Waals surface area contributed by atoms with Gasteiger partial charge < -0.3 is 10.1 Å². The first kappa shape index (κ1) is 15.7. The van der Waals surface area contributed by atoms with E-state index in [0.29, 0.717) is 13.2 Å². The third-order valence-electron chi connectivity index (χ3n) is 2.95. The van der Waals surface area contributed by atoms with Gasteiger partial charge in [0.25, 0.3) is 0 Å². The van der Waals surface area contributed by atoms with Crippen LogP contribution in [0.5, 0.6) is 0 Å². The molecule has 1 aliphatic rings. The van der Waals surface area contributed by atoms with Gasteiger partial charge in [0.15, 0.2) is 0 Å². The Morgan fingerprint density at radius 3 is 3.00 bits per heavy atom. The molecule has 21 heavy (non-hydrogen) atoms. The highest BCUT2D eigenvalue weighted by atomic mass is 79.9. The zero-order chi connectivity index (χ0) is 15.1. The Morgan fingerprint density at radius 1 is 1.43 bits per heavy atom. The van der Waals surface area contributed by atoms with Gasteiger partial charge in [0, 0.05) is 17.6 Å². The Bertz CT molecular complexity index is 542. The molecule has 1 aliphatic heterocycles. The van der Waals surface area contributed by atoms with Gasteiger partial charge in [-0.2, -0.15) is 5.10 Å². The fraction of sp³-hybridized carbons (Fsp3) is 0.357. The van der Waals surface area contributed by atoms with Crippen LogP contribution in [0.25, 0.3) is 0 Å². The van der Waals surface area contributed by atoms with E-state index in [2.05, 4.69) is 31.8 Å². The molecular weight excluding hydrogens is 338 g/mol. The zero-order valence-electron chi connectivity index (χ0n) is 11.3. The van der Waals surface area contributed by atoms with Gasteiger partial charge in [0.1, 0.15) is 0 Å². The molecule has 0 radical (unpaired) electrons. The van der Waals surface area contributed by atoms with Crippen molar-refractivity contribution in [1.82, 2.24) is 10.7 Å². The highest BCUT2D eigenvalue weighted by molar-refractivity contribution is 9.10. The average molecular weight is 354 g/mol. The first-order valence-electron chi connectivity index (χ1n) is 6.63. The molecule has 2 amide bonds. The van der Waals surface area contributed by atoms with Crippen molar-refractivity contribution in [2.45, 2.75) is 18.9 Å². The van der Waals surface area contributed by atoms with Gasteiger partial charge in [-0.15, -0.1) is 0 Å². The normalized spacial score (nSPS) is 17.9. The minimum absolute atomic E-state index is 0.00641. The maximum absolute atomic E-state index is 11.5. The average Bonchev–Trinajstić information content (AvgIpc) is 2.98. The number of hydrogen-bond donors (Lipinski definition) is 2. The molecule has 1 heterocycles. The van der Waals surface area contributed by atoms with E-state index >= 15 is 0 Å². The molecule has 7 heteroatoms. The third kappa shape index (κ3) is 5.28. The molecule has 2 rings (SSSR count). The summed E-state index contributed by atoms with van der Waals surface area (Å²) >= 11 is 3.33. The minimum Gasteiger partial charge on any atom is -0.376 e. The van der Waals surface area contributed by atoms with E-state index in [1.807, 2.05) is 24.3 Å². The second kappa shape index (κ2) is 7.90. The fourth-order valence-corrected chi connectivity index (χ4v) is 2.31. The van der Waals surface area contributed by atoms with E-state index in [4.69, 9.17) is 4.74 Å². The molecule has 1 saturated heterocycles. The van der Waals surface area contributed by atoms with E-state index in [-0.39, 0.29) is 6.10 Å². The van der Waals surface area contributed by atoms with E-state index in [9.17, 15) is 9.59 Å². The van der Waals surface area contributed by atoms with Crippen molar-refractivity contribution < 1.29 is 14.3 Å². The molecule has 1 fully saturated rings. The summed E-state index contributed by atoms with van der Waals surface area (Å²) in [6.07, 6.45) is 3.37. The van der Waals surface area contributed by atoms with E-state index in [1.165, 1.54) is 6.21 Å². The van der Waals surface area contributed by atoms with Gasteiger partial charge in [-0.3, -0.25) is 9.59 Å². The highest BCUT2D eigenvalue weighted by Gasteiger charge is 2.18. The molecule has 1 atom stereocenters. The Kier molecular flexibility index (Phi) is 5.89. The second-order valence-electron chi connectivity index (χ2n) is 4.60. The lowest BCUT2D eigenvalue weighted by atomic mass is 10.2. The molecule has 0 spiro atoms. The lowest BCUT2D eigenvalue weighted by molar-refractivity contribution is -0.139. The smallest absolute Gasteiger partial charge is 0.329 e. The summed E-state index contributed by atoms with van der Waals surface area (Å²) in [5.41, 5.74) is 3.00. The summed E-state index contributed by atoms with van der Waals surface area (Å²) in [6.45, 7) is 1.06. The summed E-state index contributed by atoms with van der Waals surface area (Å²) in [5.74, 6) is -1.50. The van der Waals surface area contributed by atoms with Crippen molar-refractivity contribution >= 4 is 34.0 Å². The van der Waals surface area contributed by atoms with Gasteiger partial charge in [0.05, 0.1) is 12.3 Å². The molecule has 0 aromatic heterocycles. The second-order valence-corrected chi connectivity index (χ2v) is 5.51. The van der Waals surface area contributed by atoms with Crippen LogP contribution in [0.2, 0.25) is 0 Å². The number of carbonyl (C=O) groups is 2. The van der Waals surface area contributed by atoms with E-state index < -0.39 is 11.8 Å². The third-order valence-corrected chi connectivity index (χ3v) is 3.44. The van der Waals surface area contributed by atoms with Gasteiger partial charge in [-0.25, -0.2) is 5.43 Å². The summed E-state index contributed by atoms with van der Waals surface area (Å²) < 4.78 is 6.26. The number of rotatable bonds is 4. The van der Waals surface area contributed by atoms with Crippen LogP contribution in [-0.4, -0.2) is 37.3 Å².